The van der Waals surface area contributed by atoms with Gasteiger partial charge in [0.2, 0.25) is 0 Å². The summed E-state index contributed by atoms with van der Waals surface area (Å²) in [5.74, 6) is -1.62. The van der Waals surface area contributed by atoms with E-state index in [4.69, 9.17) is 5.73 Å². The monoisotopic (exact) mass is 389 g/mol. The van der Waals surface area contributed by atoms with Crippen molar-refractivity contribution in [3.8, 4) is 0 Å². The summed E-state index contributed by atoms with van der Waals surface area (Å²) in [6, 6.07) is 1.91. The van der Waals surface area contributed by atoms with Crippen molar-refractivity contribution in [3.63, 3.8) is 0 Å². The molecule has 1 rings (SSSR count). The average Bonchev–Trinajstić information content (AvgIpc) is 2.53. The van der Waals surface area contributed by atoms with Crippen LogP contribution >= 0.6 is 0 Å². The second-order valence-electron chi connectivity index (χ2n) is 6.83. The lowest BCUT2D eigenvalue weighted by atomic mass is 9.99. The fourth-order valence-electron chi connectivity index (χ4n) is 2.32. The molecule has 0 fully saturated rings. The highest BCUT2D eigenvalue weighted by atomic mass is 19.1. The Kier molecular flexibility index (Phi) is 7.73. The molecule has 0 saturated heterocycles. The zero-order chi connectivity index (χ0) is 21.6. The minimum absolute atomic E-state index is 0.0137. The fourth-order valence-corrected chi connectivity index (χ4v) is 2.32. The van der Waals surface area contributed by atoms with Gasteiger partial charge in [0.15, 0.2) is 0 Å². The number of benzene rings is 1. The summed E-state index contributed by atoms with van der Waals surface area (Å²) in [6.45, 7) is 15.4. The Labute approximate surface area is 164 Å². The maximum atomic E-state index is 14.0. The zero-order valence-corrected chi connectivity index (χ0v) is 16.9. The van der Waals surface area contributed by atoms with Gasteiger partial charge in [-0.3, -0.25) is 4.99 Å². The number of hydrogen-bond acceptors (Lipinski definition) is 2. The summed E-state index contributed by atoms with van der Waals surface area (Å²) >= 11 is 0. The summed E-state index contributed by atoms with van der Waals surface area (Å²) < 4.78 is 41.1. The Morgan fingerprint density at radius 2 is 1.82 bits per heavy atom. The summed E-state index contributed by atoms with van der Waals surface area (Å²) in [7, 11) is 0. The van der Waals surface area contributed by atoms with Crippen LogP contribution in [0.15, 0.2) is 70.0 Å². The standard InChI is InChI=1S/C22H26F3N3/c1-8-19(13(2)9-15(4)22(6,7)25)27-12-16(5)28-21(26)20-14(3)10-17(23)11-18(20)24/h8-12H,4-5H2,1-3,6-7H3,(H2,26,28)/b13-9+,19-8-,27-12?. The molecule has 2 N–H and O–H groups in total. The van der Waals surface area contributed by atoms with Gasteiger partial charge in [0.1, 0.15) is 23.1 Å². The second-order valence-corrected chi connectivity index (χ2v) is 6.83. The van der Waals surface area contributed by atoms with Crippen molar-refractivity contribution < 1.29 is 13.2 Å². The SMILES string of the molecule is C=C(C=NC(=C\C)/C(C)=C/C(=C)C(C)(C)F)N=C(N)c1c(C)cc(F)cc1F. The Balaban J connectivity index is 3.06. The van der Waals surface area contributed by atoms with Gasteiger partial charge in [-0.15, -0.1) is 0 Å². The van der Waals surface area contributed by atoms with E-state index in [0.717, 1.165) is 6.07 Å². The molecule has 0 atom stereocenters. The van der Waals surface area contributed by atoms with Gasteiger partial charge in [0, 0.05) is 6.07 Å². The van der Waals surface area contributed by atoms with Crippen LogP contribution in [0.25, 0.3) is 0 Å². The lowest BCUT2D eigenvalue weighted by Crippen LogP contribution is -2.17. The molecule has 3 nitrogen and oxygen atoms in total. The summed E-state index contributed by atoms with van der Waals surface area (Å²) in [5.41, 5.74) is 6.43. The van der Waals surface area contributed by atoms with E-state index in [2.05, 4.69) is 23.1 Å². The number of aryl methyl sites for hydroxylation is 1. The molecule has 0 aromatic heterocycles. The van der Waals surface area contributed by atoms with Gasteiger partial charge < -0.3 is 5.73 Å². The average molecular weight is 389 g/mol. The molecule has 0 amide bonds. The number of alkyl halides is 1. The Morgan fingerprint density at radius 1 is 1.21 bits per heavy atom. The summed E-state index contributed by atoms with van der Waals surface area (Å²) in [4.78, 5) is 8.30. The third kappa shape index (κ3) is 6.37. The van der Waals surface area contributed by atoms with Crippen LogP contribution in [0.2, 0.25) is 0 Å². The number of allylic oxidation sites excluding steroid dienone is 5. The van der Waals surface area contributed by atoms with Crippen molar-refractivity contribution in [1.29, 1.82) is 0 Å². The first kappa shape index (κ1) is 23.1. The first-order valence-corrected chi connectivity index (χ1v) is 8.63. The predicted molar refractivity (Wildman–Crippen MR) is 111 cm³/mol. The van der Waals surface area contributed by atoms with Gasteiger partial charge >= 0.3 is 0 Å². The van der Waals surface area contributed by atoms with Crippen LogP contribution < -0.4 is 5.73 Å². The van der Waals surface area contributed by atoms with Crippen LogP contribution in [0.3, 0.4) is 0 Å². The fraction of sp³-hybridized carbons (Fsp3) is 0.273. The molecule has 28 heavy (non-hydrogen) atoms. The molecule has 0 heterocycles. The molecule has 1 aromatic rings. The summed E-state index contributed by atoms with van der Waals surface area (Å²) in [6.07, 6.45) is 4.72. The molecule has 1 aromatic carbocycles. The van der Waals surface area contributed by atoms with Crippen LogP contribution in [0.4, 0.5) is 13.2 Å². The third-order valence-electron chi connectivity index (χ3n) is 3.96. The van der Waals surface area contributed by atoms with Crippen LogP contribution in [-0.2, 0) is 0 Å². The molecule has 0 aliphatic carbocycles. The molecule has 0 aliphatic rings. The normalized spacial score (nSPS) is 13.9. The molecule has 0 radical (unpaired) electrons. The van der Waals surface area contributed by atoms with E-state index in [1.165, 1.54) is 33.1 Å². The number of nitrogens with zero attached hydrogens (tertiary/aromatic N) is 2. The van der Waals surface area contributed by atoms with Crippen LogP contribution in [-0.4, -0.2) is 17.7 Å². The van der Waals surface area contributed by atoms with E-state index in [0.29, 0.717) is 22.4 Å². The number of aliphatic imine (C=N–C) groups is 2. The first-order valence-electron chi connectivity index (χ1n) is 8.63. The maximum Gasteiger partial charge on any atom is 0.137 e. The van der Waals surface area contributed by atoms with E-state index in [1.54, 1.807) is 26.0 Å². The minimum atomic E-state index is -1.54. The van der Waals surface area contributed by atoms with Gasteiger partial charge in [-0.2, -0.15) is 0 Å². The maximum absolute atomic E-state index is 14.0. The number of hydrogen-bond donors (Lipinski definition) is 1. The molecule has 0 spiro atoms. The van der Waals surface area contributed by atoms with Crippen LogP contribution in [0.5, 0.6) is 0 Å². The molecule has 0 aliphatic heterocycles. The lowest BCUT2D eigenvalue weighted by Gasteiger charge is -2.15. The van der Waals surface area contributed by atoms with Gasteiger partial charge in [-0.05, 0) is 57.4 Å². The van der Waals surface area contributed by atoms with Gasteiger partial charge in [0.25, 0.3) is 0 Å². The quantitative estimate of drug-likeness (QED) is 0.362. The van der Waals surface area contributed by atoms with E-state index in [9.17, 15) is 13.2 Å². The van der Waals surface area contributed by atoms with Crippen molar-refractivity contribution in [2.24, 2.45) is 15.7 Å². The predicted octanol–water partition coefficient (Wildman–Crippen LogP) is 5.72. The molecule has 0 bridgehead atoms. The van der Waals surface area contributed by atoms with E-state index in [1.807, 2.05) is 0 Å². The van der Waals surface area contributed by atoms with Gasteiger partial charge in [-0.25, -0.2) is 18.2 Å². The highest BCUT2D eigenvalue weighted by molar-refractivity contribution is 6.01. The van der Waals surface area contributed by atoms with Crippen molar-refractivity contribution in [1.82, 2.24) is 0 Å². The number of nitrogens with two attached hydrogens (primary N) is 1. The molecule has 150 valence electrons. The molecule has 0 saturated carbocycles. The largest absolute Gasteiger partial charge is 0.383 e. The number of rotatable bonds is 7. The van der Waals surface area contributed by atoms with Crippen LogP contribution in [0.1, 0.15) is 38.8 Å². The number of amidine groups is 1. The van der Waals surface area contributed by atoms with Crippen molar-refractivity contribution in [2.45, 2.75) is 40.3 Å². The Morgan fingerprint density at radius 3 is 2.32 bits per heavy atom. The molecule has 0 unspecified atom stereocenters. The highest BCUT2D eigenvalue weighted by Gasteiger charge is 2.18. The van der Waals surface area contributed by atoms with E-state index in [-0.39, 0.29) is 17.1 Å². The molecule has 6 heteroatoms. The molecular formula is C22H26F3N3. The lowest BCUT2D eigenvalue weighted by molar-refractivity contribution is 0.274. The summed E-state index contributed by atoms with van der Waals surface area (Å²) in [5, 5.41) is 0. The van der Waals surface area contributed by atoms with Gasteiger partial charge in [0.05, 0.1) is 23.2 Å². The first-order chi connectivity index (χ1) is 12.9. The topological polar surface area (TPSA) is 50.7 Å². The highest BCUT2D eigenvalue weighted by Crippen LogP contribution is 2.23. The third-order valence-corrected chi connectivity index (χ3v) is 3.96. The van der Waals surface area contributed by atoms with Crippen molar-refractivity contribution in [3.05, 3.63) is 82.7 Å². The van der Waals surface area contributed by atoms with Gasteiger partial charge in [-0.1, -0.05) is 25.3 Å². The molecular weight excluding hydrogens is 363 g/mol. The van der Waals surface area contributed by atoms with Crippen LogP contribution in [0, 0.1) is 18.6 Å². The minimum Gasteiger partial charge on any atom is -0.383 e. The second kappa shape index (κ2) is 9.35. The van der Waals surface area contributed by atoms with E-state index < -0.39 is 17.3 Å². The van der Waals surface area contributed by atoms with Crippen molar-refractivity contribution in [2.75, 3.05) is 0 Å². The number of halogens is 3. The zero-order valence-electron chi connectivity index (χ0n) is 16.9. The Bertz CT molecular complexity index is 875. The smallest absolute Gasteiger partial charge is 0.137 e. The van der Waals surface area contributed by atoms with Crippen molar-refractivity contribution >= 4 is 12.1 Å². The van der Waals surface area contributed by atoms with E-state index >= 15 is 0 Å². The Hall–Kier alpha value is -2.89.